The normalized spacial score (nSPS) is 15.4. The Hall–Kier alpha value is -3.32. The molecule has 0 saturated heterocycles. The van der Waals surface area contributed by atoms with Crippen LogP contribution < -0.4 is 19.6 Å². The molecule has 0 aliphatic carbocycles. The standard InChI is InChI=1S/C24H20IN3O6S/c1-4-16-19(23(30)34-3)20(14-8-6-5-7-9-14)27-22(29)18(35-24(27)26-16)12-13-10-15(25)21(33-2)17(11-13)28(31)32/h5-12,20H,4H2,1-3H3/b18-12-/t20-/m1/s1. The smallest absolute Gasteiger partial charge is 0.338 e. The van der Waals surface area contributed by atoms with Crippen LogP contribution in [0, 0.1) is 13.7 Å². The lowest BCUT2D eigenvalue weighted by Crippen LogP contribution is -2.40. The maximum absolute atomic E-state index is 13.6. The molecule has 0 bridgehead atoms. The zero-order chi connectivity index (χ0) is 25.3. The van der Waals surface area contributed by atoms with Gasteiger partial charge in [0.15, 0.2) is 4.80 Å². The second-order valence-electron chi connectivity index (χ2n) is 7.51. The van der Waals surface area contributed by atoms with E-state index in [-0.39, 0.29) is 17.0 Å². The number of fused-ring (bicyclic) bond motifs is 1. The van der Waals surface area contributed by atoms with Crippen molar-refractivity contribution in [3.05, 3.63) is 98.2 Å². The number of rotatable bonds is 6. The van der Waals surface area contributed by atoms with Crippen LogP contribution in [0.4, 0.5) is 5.69 Å². The van der Waals surface area contributed by atoms with E-state index in [1.54, 1.807) is 12.1 Å². The average Bonchev–Trinajstić information content (AvgIpc) is 3.16. The number of carbonyl (C=O) groups is 1. The second-order valence-corrected chi connectivity index (χ2v) is 9.68. The van der Waals surface area contributed by atoms with Crippen molar-refractivity contribution in [3.63, 3.8) is 0 Å². The second kappa shape index (κ2) is 10.1. The molecule has 0 amide bonds. The number of ether oxygens (including phenoxy) is 2. The first kappa shape index (κ1) is 24.8. The highest BCUT2D eigenvalue weighted by Crippen LogP contribution is 2.34. The van der Waals surface area contributed by atoms with Crippen molar-refractivity contribution in [2.24, 2.45) is 4.99 Å². The maximum atomic E-state index is 13.6. The molecular weight excluding hydrogens is 585 g/mol. The van der Waals surface area contributed by atoms with Crippen LogP contribution in [0.15, 0.2) is 63.5 Å². The van der Waals surface area contributed by atoms with Gasteiger partial charge in [-0.2, -0.15) is 0 Å². The quantitative estimate of drug-likeness (QED) is 0.185. The van der Waals surface area contributed by atoms with Crippen molar-refractivity contribution in [1.82, 2.24) is 4.57 Å². The molecule has 0 radical (unpaired) electrons. The third-order valence-corrected chi connectivity index (χ3v) is 7.29. The lowest BCUT2D eigenvalue weighted by molar-refractivity contribution is -0.385. The van der Waals surface area contributed by atoms with Gasteiger partial charge in [0.2, 0.25) is 5.75 Å². The zero-order valence-corrected chi connectivity index (χ0v) is 22.0. The van der Waals surface area contributed by atoms with Gasteiger partial charge in [-0.1, -0.05) is 48.6 Å². The van der Waals surface area contributed by atoms with Crippen LogP contribution in [-0.2, 0) is 9.53 Å². The van der Waals surface area contributed by atoms with Crippen molar-refractivity contribution < 1.29 is 19.2 Å². The summed E-state index contributed by atoms with van der Waals surface area (Å²) in [5.74, 6) is -0.386. The molecule has 35 heavy (non-hydrogen) atoms. The molecule has 2 aromatic carbocycles. The summed E-state index contributed by atoms with van der Waals surface area (Å²) in [6.07, 6.45) is 2.07. The predicted octanol–water partition coefficient (Wildman–Crippen LogP) is 3.32. The van der Waals surface area contributed by atoms with Gasteiger partial charge in [-0.05, 0) is 52.3 Å². The number of aromatic nitrogens is 1. The van der Waals surface area contributed by atoms with Gasteiger partial charge in [0, 0.05) is 6.07 Å². The third-order valence-electron chi connectivity index (χ3n) is 5.51. The fraction of sp³-hybridized carbons (Fsp3) is 0.208. The van der Waals surface area contributed by atoms with Gasteiger partial charge in [-0.15, -0.1) is 0 Å². The van der Waals surface area contributed by atoms with Crippen LogP contribution in [0.1, 0.15) is 30.5 Å². The van der Waals surface area contributed by atoms with E-state index in [2.05, 4.69) is 4.99 Å². The lowest BCUT2D eigenvalue weighted by Gasteiger charge is -2.25. The van der Waals surface area contributed by atoms with E-state index >= 15 is 0 Å². The van der Waals surface area contributed by atoms with Crippen LogP contribution in [0.3, 0.4) is 0 Å². The van der Waals surface area contributed by atoms with Crippen LogP contribution in [0.5, 0.6) is 5.75 Å². The topological polar surface area (TPSA) is 113 Å². The number of benzene rings is 2. The molecule has 180 valence electrons. The van der Waals surface area contributed by atoms with E-state index in [1.165, 1.54) is 24.9 Å². The minimum Gasteiger partial charge on any atom is -0.489 e. The van der Waals surface area contributed by atoms with Crippen molar-refractivity contribution in [2.75, 3.05) is 14.2 Å². The summed E-state index contributed by atoms with van der Waals surface area (Å²) in [5, 5.41) is 11.5. The number of methoxy groups -OCH3 is 2. The highest BCUT2D eigenvalue weighted by atomic mass is 127. The summed E-state index contributed by atoms with van der Waals surface area (Å²) in [5.41, 5.74) is 1.54. The Balaban J connectivity index is 1.99. The molecule has 1 aliphatic rings. The maximum Gasteiger partial charge on any atom is 0.338 e. The van der Waals surface area contributed by atoms with Gasteiger partial charge < -0.3 is 9.47 Å². The minimum atomic E-state index is -0.706. The van der Waals surface area contributed by atoms with Gasteiger partial charge >= 0.3 is 11.7 Å². The first-order chi connectivity index (χ1) is 16.8. The van der Waals surface area contributed by atoms with E-state index in [9.17, 15) is 19.7 Å². The van der Waals surface area contributed by atoms with Gasteiger partial charge in [0.25, 0.3) is 5.56 Å². The highest BCUT2D eigenvalue weighted by molar-refractivity contribution is 14.1. The van der Waals surface area contributed by atoms with Gasteiger partial charge in [-0.3, -0.25) is 19.5 Å². The summed E-state index contributed by atoms with van der Waals surface area (Å²) >= 11 is 3.12. The van der Waals surface area contributed by atoms with Crippen molar-refractivity contribution in [3.8, 4) is 5.75 Å². The van der Waals surface area contributed by atoms with Gasteiger partial charge in [0.1, 0.15) is 0 Å². The summed E-state index contributed by atoms with van der Waals surface area (Å²) < 4.78 is 12.6. The first-order valence-corrected chi connectivity index (χ1v) is 12.4. The monoisotopic (exact) mass is 605 g/mol. The number of nitro groups is 1. The summed E-state index contributed by atoms with van der Waals surface area (Å²) in [4.78, 5) is 42.5. The molecule has 1 aliphatic heterocycles. The molecule has 0 N–H and O–H groups in total. The number of halogens is 1. The number of esters is 1. The molecule has 2 heterocycles. The molecule has 1 atom stereocenters. The largest absolute Gasteiger partial charge is 0.489 e. The predicted molar refractivity (Wildman–Crippen MR) is 139 cm³/mol. The zero-order valence-electron chi connectivity index (χ0n) is 19.0. The Bertz CT molecular complexity index is 1540. The summed E-state index contributed by atoms with van der Waals surface area (Å²) in [6, 6.07) is 11.6. The summed E-state index contributed by atoms with van der Waals surface area (Å²) in [6.45, 7) is 1.89. The van der Waals surface area contributed by atoms with Crippen LogP contribution in [0.2, 0.25) is 0 Å². The Morgan fingerprint density at radius 1 is 1.29 bits per heavy atom. The van der Waals surface area contributed by atoms with E-state index in [0.29, 0.717) is 36.2 Å². The number of hydrogen-bond acceptors (Lipinski definition) is 8. The van der Waals surface area contributed by atoms with Crippen LogP contribution >= 0.6 is 33.9 Å². The average molecular weight is 605 g/mol. The lowest BCUT2D eigenvalue weighted by atomic mass is 9.95. The summed E-state index contributed by atoms with van der Waals surface area (Å²) in [7, 11) is 2.67. The molecule has 0 spiro atoms. The highest BCUT2D eigenvalue weighted by Gasteiger charge is 2.33. The number of allylic oxidation sites excluding steroid dienone is 1. The Labute approximate surface area is 217 Å². The van der Waals surface area contributed by atoms with Crippen molar-refractivity contribution >= 4 is 51.7 Å². The van der Waals surface area contributed by atoms with E-state index < -0.39 is 16.9 Å². The minimum absolute atomic E-state index is 0.161. The Morgan fingerprint density at radius 3 is 2.60 bits per heavy atom. The molecule has 0 unspecified atom stereocenters. The van der Waals surface area contributed by atoms with Crippen LogP contribution in [0.25, 0.3) is 6.08 Å². The molecule has 9 nitrogen and oxygen atoms in total. The Morgan fingerprint density at radius 2 is 2.00 bits per heavy atom. The van der Waals surface area contributed by atoms with Crippen LogP contribution in [-0.4, -0.2) is 29.7 Å². The van der Waals surface area contributed by atoms with Crippen molar-refractivity contribution in [1.29, 1.82) is 0 Å². The van der Waals surface area contributed by atoms with Crippen molar-refractivity contribution in [2.45, 2.75) is 19.4 Å². The van der Waals surface area contributed by atoms with Gasteiger partial charge in [0.05, 0.1) is 44.6 Å². The number of carbonyl (C=O) groups excluding carboxylic acids is 1. The fourth-order valence-electron chi connectivity index (χ4n) is 3.99. The molecular formula is C24H20IN3O6S. The molecule has 11 heteroatoms. The third kappa shape index (κ3) is 4.52. The Kier molecular flexibility index (Phi) is 7.17. The number of hydrogen-bond donors (Lipinski definition) is 0. The molecule has 3 aromatic rings. The SMILES string of the molecule is CCC1=C(C(=O)OC)[C@@H](c2ccccc2)n2c(s/c(=C\c3cc(I)c(OC)c([N+](=O)[O-])c3)c2=O)=N1. The first-order valence-electron chi connectivity index (χ1n) is 10.5. The van der Waals surface area contributed by atoms with E-state index in [0.717, 1.165) is 16.9 Å². The molecule has 0 saturated carbocycles. The number of thiazole rings is 1. The van der Waals surface area contributed by atoms with Gasteiger partial charge in [-0.25, -0.2) is 9.79 Å². The van der Waals surface area contributed by atoms with E-state index in [4.69, 9.17) is 9.47 Å². The number of nitrogens with zero attached hydrogens (tertiary/aromatic N) is 3. The van der Waals surface area contributed by atoms with E-state index in [1.807, 2.05) is 59.8 Å². The fourth-order valence-corrected chi connectivity index (χ4v) is 5.86. The molecule has 1 aromatic heterocycles. The molecule has 4 rings (SSSR count). The number of nitro benzene ring substituents is 1. The molecule has 0 fully saturated rings.